The monoisotopic (exact) mass is 255 g/mol. The van der Waals surface area contributed by atoms with Crippen molar-refractivity contribution in [1.82, 2.24) is 4.98 Å². The molecule has 0 spiro atoms. The molecule has 1 aromatic rings. The number of aliphatic hydroxyl groups excluding tert-OH is 1. The summed E-state index contributed by atoms with van der Waals surface area (Å²) in [4.78, 5) is 4.21. The molecule has 0 amide bonds. The summed E-state index contributed by atoms with van der Waals surface area (Å²) in [6.07, 6.45) is 4.92. The number of hydrogen-bond donors (Lipinski definition) is 1. The van der Waals surface area contributed by atoms with E-state index in [1.807, 2.05) is 0 Å². The fourth-order valence-corrected chi connectivity index (χ4v) is 2.46. The average Bonchev–Trinajstić information content (AvgIpc) is 2.32. The molecule has 1 aromatic heterocycles. The summed E-state index contributed by atoms with van der Waals surface area (Å²) in [5.74, 6) is 1.29. The molecule has 1 saturated carbocycles. The second-order valence-electron chi connectivity index (χ2n) is 4.75. The summed E-state index contributed by atoms with van der Waals surface area (Å²) in [7, 11) is 0. The first-order valence-electron chi connectivity index (χ1n) is 6.12. The molecule has 17 heavy (non-hydrogen) atoms. The van der Waals surface area contributed by atoms with Crippen molar-refractivity contribution in [2.24, 2.45) is 5.92 Å². The summed E-state index contributed by atoms with van der Waals surface area (Å²) in [6, 6.07) is 3.49. The van der Waals surface area contributed by atoms with Gasteiger partial charge in [-0.25, -0.2) is 4.98 Å². The molecule has 0 radical (unpaired) electrons. The minimum absolute atomic E-state index is 0.156. The van der Waals surface area contributed by atoms with Crippen molar-refractivity contribution in [3.63, 3.8) is 0 Å². The Morgan fingerprint density at radius 1 is 1.47 bits per heavy atom. The van der Waals surface area contributed by atoms with Crippen LogP contribution in [-0.2, 0) is 6.61 Å². The van der Waals surface area contributed by atoms with Crippen molar-refractivity contribution < 1.29 is 9.84 Å². The third kappa shape index (κ3) is 3.33. The van der Waals surface area contributed by atoms with Crippen molar-refractivity contribution >= 4 is 11.6 Å². The van der Waals surface area contributed by atoms with E-state index in [1.54, 1.807) is 12.1 Å². The van der Waals surface area contributed by atoms with Crippen LogP contribution in [0.15, 0.2) is 12.1 Å². The Morgan fingerprint density at radius 2 is 2.29 bits per heavy atom. The van der Waals surface area contributed by atoms with E-state index >= 15 is 0 Å². The third-order valence-electron chi connectivity index (χ3n) is 3.22. The molecule has 2 atom stereocenters. The van der Waals surface area contributed by atoms with Crippen LogP contribution in [-0.4, -0.2) is 16.2 Å². The van der Waals surface area contributed by atoms with Crippen LogP contribution in [0.4, 0.5) is 0 Å². The number of aliphatic hydroxyl groups is 1. The van der Waals surface area contributed by atoms with E-state index in [1.165, 1.54) is 12.8 Å². The van der Waals surface area contributed by atoms with Gasteiger partial charge in [0.2, 0.25) is 5.88 Å². The van der Waals surface area contributed by atoms with Crippen LogP contribution >= 0.6 is 11.6 Å². The van der Waals surface area contributed by atoms with Crippen LogP contribution in [0.3, 0.4) is 0 Å². The van der Waals surface area contributed by atoms with Crippen molar-refractivity contribution in [2.45, 2.75) is 45.3 Å². The lowest BCUT2D eigenvalue weighted by atomic mass is 9.89. The van der Waals surface area contributed by atoms with Gasteiger partial charge < -0.3 is 9.84 Å². The van der Waals surface area contributed by atoms with Crippen LogP contribution in [0.2, 0.25) is 5.02 Å². The molecule has 0 saturated heterocycles. The van der Waals surface area contributed by atoms with Gasteiger partial charge in [0.05, 0.1) is 17.3 Å². The predicted molar refractivity (Wildman–Crippen MR) is 67.2 cm³/mol. The van der Waals surface area contributed by atoms with E-state index in [0.717, 1.165) is 18.8 Å². The number of halogens is 1. The van der Waals surface area contributed by atoms with Gasteiger partial charge in [-0.05, 0) is 31.2 Å². The van der Waals surface area contributed by atoms with Gasteiger partial charge in [0, 0.05) is 6.07 Å². The van der Waals surface area contributed by atoms with E-state index in [-0.39, 0.29) is 12.7 Å². The standard InChI is InChI=1S/C13H18ClNO2/c1-9-3-2-4-10(7-9)17-13-6-5-11(14)12(8-16)15-13/h5-6,9-10,16H,2-4,7-8H2,1H3. The van der Waals surface area contributed by atoms with Gasteiger partial charge in [0.25, 0.3) is 0 Å². The minimum Gasteiger partial charge on any atom is -0.474 e. The molecule has 94 valence electrons. The number of pyridine rings is 1. The van der Waals surface area contributed by atoms with Crippen LogP contribution in [0.5, 0.6) is 5.88 Å². The topological polar surface area (TPSA) is 42.4 Å². The van der Waals surface area contributed by atoms with Gasteiger partial charge in [-0.1, -0.05) is 24.9 Å². The highest BCUT2D eigenvalue weighted by atomic mass is 35.5. The quantitative estimate of drug-likeness (QED) is 0.902. The molecule has 1 aliphatic carbocycles. The number of rotatable bonds is 3. The maximum absolute atomic E-state index is 9.09. The van der Waals surface area contributed by atoms with E-state index < -0.39 is 0 Å². The van der Waals surface area contributed by atoms with Crippen molar-refractivity contribution in [2.75, 3.05) is 0 Å². The Kier molecular flexibility index (Phi) is 4.24. The summed E-state index contributed by atoms with van der Waals surface area (Å²) < 4.78 is 5.84. The Hall–Kier alpha value is -0.800. The number of aromatic nitrogens is 1. The number of ether oxygens (including phenoxy) is 1. The second-order valence-corrected chi connectivity index (χ2v) is 5.15. The molecule has 1 N–H and O–H groups in total. The minimum atomic E-state index is -0.156. The first-order chi connectivity index (χ1) is 8.19. The lowest BCUT2D eigenvalue weighted by molar-refractivity contribution is 0.123. The summed E-state index contributed by atoms with van der Waals surface area (Å²) >= 11 is 5.88. The maximum Gasteiger partial charge on any atom is 0.213 e. The lowest BCUT2D eigenvalue weighted by Gasteiger charge is -2.27. The fraction of sp³-hybridized carbons (Fsp3) is 0.615. The van der Waals surface area contributed by atoms with Gasteiger partial charge in [-0.15, -0.1) is 0 Å². The number of hydrogen-bond acceptors (Lipinski definition) is 3. The summed E-state index contributed by atoms with van der Waals surface area (Å²) in [6.45, 7) is 2.10. The van der Waals surface area contributed by atoms with Crippen LogP contribution in [0.1, 0.15) is 38.3 Å². The van der Waals surface area contributed by atoms with E-state index in [4.69, 9.17) is 21.4 Å². The molecule has 4 heteroatoms. The van der Waals surface area contributed by atoms with Gasteiger partial charge in [0.1, 0.15) is 6.10 Å². The molecule has 0 aliphatic heterocycles. The molecular formula is C13H18ClNO2. The molecule has 1 heterocycles. The molecule has 1 aliphatic rings. The lowest BCUT2D eigenvalue weighted by Crippen LogP contribution is -2.24. The number of nitrogens with zero attached hydrogens (tertiary/aromatic N) is 1. The highest BCUT2D eigenvalue weighted by molar-refractivity contribution is 6.31. The Bertz CT molecular complexity index is 384. The Labute approximate surface area is 107 Å². The smallest absolute Gasteiger partial charge is 0.213 e. The molecule has 2 rings (SSSR count). The fourth-order valence-electron chi connectivity index (χ4n) is 2.30. The van der Waals surface area contributed by atoms with E-state index in [9.17, 15) is 0 Å². The van der Waals surface area contributed by atoms with Crippen LogP contribution in [0, 0.1) is 5.92 Å². The zero-order valence-electron chi connectivity index (χ0n) is 10.0. The average molecular weight is 256 g/mol. The van der Waals surface area contributed by atoms with Gasteiger partial charge >= 0.3 is 0 Å². The normalized spacial score (nSPS) is 24.6. The Morgan fingerprint density at radius 3 is 3.00 bits per heavy atom. The largest absolute Gasteiger partial charge is 0.474 e. The van der Waals surface area contributed by atoms with Crippen LogP contribution in [0.25, 0.3) is 0 Å². The first-order valence-corrected chi connectivity index (χ1v) is 6.49. The van der Waals surface area contributed by atoms with Gasteiger partial charge in [-0.2, -0.15) is 0 Å². The molecule has 2 unspecified atom stereocenters. The summed E-state index contributed by atoms with van der Waals surface area (Å²) in [5.41, 5.74) is 0.480. The Balaban J connectivity index is 2.02. The van der Waals surface area contributed by atoms with Crippen molar-refractivity contribution in [3.05, 3.63) is 22.8 Å². The first kappa shape index (κ1) is 12.7. The highest BCUT2D eigenvalue weighted by Crippen LogP contribution is 2.27. The predicted octanol–water partition coefficient (Wildman–Crippen LogP) is 3.18. The highest BCUT2D eigenvalue weighted by Gasteiger charge is 2.20. The maximum atomic E-state index is 9.09. The molecule has 1 fully saturated rings. The zero-order valence-corrected chi connectivity index (χ0v) is 10.8. The molecular weight excluding hydrogens is 238 g/mol. The molecule has 0 aromatic carbocycles. The second kappa shape index (κ2) is 5.69. The zero-order chi connectivity index (χ0) is 12.3. The van der Waals surface area contributed by atoms with Crippen molar-refractivity contribution in [3.8, 4) is 5.88 Å². The van der Waals surface area contributed by atoms with Gasteiger partial charge in [-0.3, -0.25) is 0 Å². The molecule has 0 bridgehead atoms. The van der Waals surface area contributed by atoms with Crippen LogP contribution < -0.4 is 4.74 Å². The third-order valence-corrected chi connectivity index (χ3v) is 3.56. The van der Waals surface area contributed by atoms with E-state index in [2.05, 4.69) is 11.9 Å². The summed E-state index contributed by atoms with van der Waals surface area (Å²) in [5, 5.41) is 9.57. The van der Waals surface area contributed by atoms with E-state index in [0.29, 0.717) is 16.6 Å². The van der Waals surface area contributed by atoms with Gasteiger partial charge in [0.15, 0.2) is 0 Å². The molecule has 3 nitrogen and oxygen atoms in total. The SMILES string of the molecule is CC1CCCC(Oc2ccc(Cl)c(CO)n2)C1. The van der Waals surface area contributed by atoms with Crippen molar-refractivity contribution in [1.29, 1.82) is 0 Å².